The lowest BCUT2D eigenvalue weighted by molar-refractivity contribution is -0.117. The van der Waals surface area contributed by atoms with Crippen LogP contribution in [0.1, 0.15) is 40.1 Å². The summed E-state index contributed by atoms with van der Waals surface area (Å²) in [4.78, 5) is 32.8. The zero-order valence-corrected chi connectivity index (χ0v) is 20.2. The monoisotopic (exact) mass is 484 g/mol. The lowest BCUT2D eigenvalue weighted by Gasteiger charge is -2.06. The van der Waals surface area contributed by atoms with Gasteiger partial charge >= 0.3 is 0 Å². The van der Waals surface area contributed by atoms with Crippen LogP contribution in [0.2, 0.25) is 0 Å². The van der Waals surface area contributed by atoms with Gasteiger partial charge in [0.15, 0.2) is 5.13 Å². The van der Waals surface area contributed by atoms with Crippen LogP contribution in [0.5, 0.6) is 0 Å². The van der Waals surface area contributed by atoms with E-state index >= 15 is 0 Å². The molecule has 176 valence electrons. The van der Waals surface area contributed by atoms with Crippen LogP contribution < -0.4 is 10.6 Å². The normalized spacial score (nSPS) is 13.4. The summed E-state index contributed by atoms with van der Waals surface area (Å²) >= 11 is 1.48. The molecule has 7 nitrogen and oxygen atoms in total. The van der Waals surface area contributed by atoms with E-state index in [1.54, 1.807) is 12.5 Å². The van der Waals surface area contributed by atoms with Gasteiger partial charge in [0.25, 0.3) is 5.91 Å². The largest absolute Gasteiger partial charge is 0.469 e. The van der Waals surface area contributed by atoms with E-state index in [-0.39, 0.29) is 17.7 Å². The minimum absolute atomic E-state index is 0.0612. The summed E-state index contributed by atoms with van der Waals surface area (Å²) in [6, 6.07) is 12.1. The molecule has 1 aliphatic carbocycles. The molecule has 3 heterocycles. The van der Waals surface area contributed by atoms with Gasteiger partial charge in [-0.25, -0.2) is 4.98 Å². The van der Waals surface area contributed by atoms with Crippen molar-refractivity contribution < 1.29 is 14.0 Å². The minimum atomic E-state index is -0.137. The maximum absolute atomic E-state index is 13.0. The van der Waals surface area contributed by atoms with E-state index < -0.39 is 0 Å². The molecule has 8 heteroatoms. The third-order valence-corrected chi connectivity index (χ3v) is 7.50. The van der Waals surface area contributed by atoms with Gasteiger partial charge in [0, 0.05) is 35.1 Å². The second-order valence-electron chi connectivity index (χ2n) is 9.06. The molecular formula is C27H24N4O3S. The first-order chi connectivity index (χ1) is 17.0. The number of aromatic amines is 1. The van der Waals surface area contributed by atoms with Crippen molar-refractivity contribution in [2.75, 3.05) is 5.32 Å². The number of fused-ring (bicyclic) bond motifs is 2. The molecule has 6 rings (SSSR count). The molecule has 1 fully saturated rings. The van der Waals surface area contributed by atoms with E-state index in [0.29, 0.717) is 17.2 Å². The number of H-pyrrole nitrogens is 1. The highest BCUT2D eigenvalue weighted by atomic mass is 32.1. The van der Waals surface area contributed by atoms with E-state index in [9.17, 15) is 9.59 Å². The van der Waals surface area contributed by atoms with Gasteiger partial charge < -0.3 is 20.0 Å². The number of rotatable bonds is 6. The molecule has 0 unspecified atom stereocenters. The van der Waals surface area contributed by atoms with Gasteiger partial charge in [0.05, 0.1) is 22.0 Å². The Kier molecular flexibility index (Phi) is 5.18. The smallest absolute Gasteiger partial charge is 0.253 e. The van der Waals surface area contributed by atoms with Crippen molar-refractivity contribution in [1.82, 2.24) is 15.3 Å². The molecule has 2 aromatic carbocycles. The summed E-state index contributed by atoms with van der Waals surface area (Å²) < 4.78 is 6.44. The quantitative estimate of drug-likeness (QED) is 0.278. The number of nitrogens with one attached hydrogen (secondary N) is 3. The lowest BCUT2D eigenvalue weighted by Crippen LogP contribution is -2.23. The average molecular weight is 485 g/mol. The fourth-order valence-electron chi connectivity index (χ4n) is 4.32. The van der Waals surface area contributed by atoms with E-state index in [2.05, 4.69) is 26.7 Å². The van der Waals surface area contributed by atoms with Crippen LogP contribution >= 0.6 is 11.3 Å². The summed E-state index contributed by atoms with van der Waals surface area (Å²) in [5.41, 5.74) is 6.43. The van der Waals surface area contributed by atoms with Gasteiger partial charge in [0.1, 0.15) is 5.76 Å². The molecule has 0 aliphatic heterocycles. The molecule has 1 aliphatic rings. The van der Waals surface area contributed by atoms with Crippen LogP contribution in [0.3, 0.4) is 0 Å². The Morgan fingerprint density at radius 3 is 2.71 bits per heavy atom. The SMILES string of the molecule is Cc1coc(C)c1CNC(=O)c1c[nH]c2ccc(-c3ccc4nc(NC(=O)C5CC5)sc4c3)cc12. The molecule has 35 heavy (non-hydrogen) atoms. The van der Waals surface area contributed by atoms with E-state index in [1.165, 1.54) is 11.3 Å². The maximum atomic E-state index is 13.0. The Bertz CT molecular complexity index is 1590. The molecule has 0 saturated heterocycles. The van der Waals surface area contributed by atoms with Gasteiger partial charge in [-0.05, 0) is 67.6 Å². The fraction of sp³-hybridized carbons (Fsp3) is 0.222. The molecule has 0 spiro atoms. The Labute approximate surface area is 205 Å². The van der Waals surface area contributed by atoms with E-state index in [1.807, 2.05) is 44.2 Å². The molecule has 1 saturated carbocycles. The topological polar surface area (TPSA) is 100 Å². The second kappa shape index (κ2) is 8.39. The standard InChI is InChI=1S/C27H24N4O3S/c1-14-13-34-15(2)20(14)11-29-26(33)21-12-28-22-7-5-17(9-19(21)22)18-6-8-23-24(10-18)35-27(30-23)31-25(32)16-3-4-16/h5-10,12-13,16,28H,3-4,11H2,1-2H3,(H,29,33)(H,30,31,32). The van der Waals surface area contributed by atoms with Crippen molar-refractivity contribution in [3.05, 3.63) is 71.3 Å². The van der Waals surface area contributed by atoms with Crippen LogP contribution in [-0.4, -0.2) is 21.8 Å². The molecule has 3 aromatic heterocycles. The average Bonchev–Trinajstić information content (AvgIpc) is 3.38. The number of furan rings is 1. The number of hydrogen-bond acceptors (Lipinski definition) is 5. The first kappa shape index (κ1) is 21.6. The number of anilines is 1. The van der Waals surface area contributed by atoms with Gasteiger partial charge in [-0.3, -0.25) is 9.59 Å². The minimum Gasteiger partial charge on any atom is -0.469 e. The zero-order chi connectivity index (χ0) is 24.1. The van der Waals surface area contributed by atoms with Crippen LogP contribution in [0.15, 0.2) is 53.3 Å². The first-order valence-corrected chi connectivity index (χ1v) is 12.4. The number of nitrogens with zero attached hydrogens (tertiary/aromatic N) is 1. The number of benzene rings is 2. The highest BCUT2D eigenvalue weighted by Crippen LogP contribution is 2.34. The number of carbonyl (C=O) groups is 2. The third-order valence-electron chi connectivity index (χ3n) is 6.57. The first-order valence-electron chi connectivity index (χ1n) is 11.6. The van der Waals surface area contributed by atoms with Crippen LogP contribution in [0.25, 0.3) is 32.2 Å². The molecule has 0 bridgehead atoms. The number of aryl methyl sites for hydroxylation is 2. The molecule has 0 atom stereocenters. The van der Waals surface area contributed by atoms with Crippen molar-refractivity contribution in [3.8, 4) is 11.1 Å². The number of aromatic nitrogens is 2. The fourth-order valence-corrected chi connectivity index (χ4v) is 5.23. The van der Waals surface area contributed by atoms with Crippen molar-refractivity contribution in [2.24, 2.45) is 5.92 Å². The van der Waals surface area contributed by atoms with Gasteiger partial charge in [-0.1, -0.05) is 23.5 Å². The van der Waals surface area contributed by atoms with Gasteiger partial charge in [-0.15, -0.1) is 0 Å². The van der Waals surface area contributed by atoms with Crippen molar-refractivity contribution in [1.29, 1.82) is 0 Å². The highest BCUT2D eigenvalue weighted by Gasteiger charge is 2.30. The van der Waals surface area contributed by atoms with E-state index in [0.717, 1.165) is 62.0 Å². The number of amides is 2. The maximum Gasteiger partial charge on any atom is 0.253 e. The molecule has 3 N–H and O–H groups in total. The summed E-state index contributed by atoms with van der Waals surface area (Å²) in [5.74, 6) is 0.885. The number of carbonyl (C=O) groups excluding carboxylic acids is 2. The van der Waals surface area contributed by atoms with Crippen molar-refractivity contribution in [2.45, 2.75) is 33.2 Å². The highest BCUT2D eigenvalue weighted by molar-refractivity contribution is 7.22. The molecule has 0 radical (unpaired) electrons. The molecular weight excluding hydrogens is 460 g/mol. The Morgan fingerprint density at radius 2 is 1.94 bits per heavy atom. The third kappa shape index (κ3) is 4.10. The van der Waals surface area contributed by atoms with Crippen LogP contribution in [-0.2, 0) is 11.3 Å². The van der Waals surface area contributed by atoms with Crippen molar-refractivity contribution in [3.63, 3.8) is 0 Å². The number of thiazole rings is 1. The summed E-state index contributed by atoms with van der Waals surface area (Å²) in [6.45, 7) is 4.29. The summed E-state index contributed by atoms with van der Waals surface area (Å²) in [7, 11) is 0. The Balaban J connectivity index is 1.26. The summed E-state index contributed by atoms with van der Waals surface area (Å²) in [6.07, 6.45) is 5.38. The Morgan fingerprint density at radius 1 is 1.14 bits per heavy atom. The second-order valence-corrected chi connectivity index (χ2v) is 10.1. The number of hydrogen-bond donors (Lipinski definition) is 3. The van der Waals surface area contributed by atoms with Crippen molar-refractivity contribution >= 4 is 49.4 Å². The predicted molar refractivity (Wildman–Crippen MR) is 138 cm³/mol. The molecule has 2 amide bonds. The zero-order valence-electron chi connectivity index (χ0n) is 19.4. The molecule has 5 aromatic rings. The van der Waals surface area contributed by atoms with E-state index in [4.69, 9.17) is 4.42 Å². The van der Waals surface area contributed by atoms with Crippen LogP contribution in [0, 0.1) is 19.8 Å². The summed E-state index contributed by atoms with van der Waals surface area (Å²) in [5, 5.41) is 7.45. The predicted octanol–water partition coefficient (Wildman–Crippen LogP) is 5.93. The lowest BCUT2D eigenvalue weighted by atomic mass is 10.0. The van der Waals surface area contributed by atoms with Gasteiger partial charge in [-0.2, -0.15) is 0 Å². The Hall–Kier alpha value is -3.91. The van der Waals surface area contributed by atoms with Crippen LogP contribution in [0.4, 0.5) is 5.13 Å². The van der Waals surface area contributed by atoms with Gasteiger partial charge in [0.2, 0.25) is 5.91 Å².